The van der Waals surface area contributed by atoms with Gasteiger partial charge in [-0.25, -0.2) is 13.4 Å². The minimum Gasteiger partial charge on any atom is -0.440 e. The van der Waals surface area contributed by atoms with E-state index in [1.807, 2.05) is 30.3 Å². The quantitative estimate of drug-likeness (QED) is 0.841. The zero-order chi connectivity index (χ0) is 16.6. The fourth-order valence-electron chi connectivity index (χ4n) is 3.51. The molecule has 2 atom stereocenters. The summed E-state index contributed by atoms with van der Waals surface area (Å²) in [6, 6.07) is 9.76. The first-order chi connectivity index (χ1) is 11.6. The molecule has 2 unspecified atom stereocenters. The Labute approximate surface area is 141 Å². The monoisotopic (exact) mass is 348 g/mol. The third-order valence-corrected chi connectivity index (χ3v) is 6.92. The van der Waals surface area contributed by atoms with Crippen LogP contribution in [0.2, 0.25) is 0 Å². The smallest absolute Gasteiger partial charge is 0.226 e. The van der Waals surface area contributed by atoms with E-state index in [-0.39, 0.29) is 11.8 Å². The highest BCUT2D eigenvalue weighted by molar-refractivity contribution is 7.92. The average Bonchev–Trinajstić information content (AvgIpc) is 3.07. The fourth-order valence-corrected chi connectivity index (χ4v) is 5.40. The highest BCUT2D eigenvalue weighted by Gasteiger charge is 2.43. The summed E-state index contributed by atoms with van der Waals surface area (Å²) >= 11 is 0. The van der Waals surface area contributed by atoms with Crippen LogP contribution < -0.4 is 0 Å². The van der Waals surface area contributed by atoms with Gasteiger partial charge in [0.1, 0.15) is 11.0 Å². The van der Waals surface area contributed by atoms with E-state index >= 15 is 0 Å². The Balaban J connectivity index is 1.52. The highest BCUT2D eigenvalue weighted by atomic mass is 32.2. The van der Waals surface area contributed by atoms with Crippen LogP contribution in [-0.2, 0) is 21.1 Å². The Bertz CT molecular complexity index is 803. The second-order valence-electron chi connectivity index (χ2n) is 6.30. The molecule has 0 amide bonds. The number of aromatic nitrogens is 1. The zero-order valence-corrected chi connectivity index (χ0v) is 14.1. The van der Waals surface area contributed by atoms with E-state index in [2.05, 4.69) is 9.88 Å². The van der Waals surface area contributed by atoms with Crippen molar-refractivity contribution in [3.05, 3.63) is 42.3 Å². The average molecular weight is 348 g/mol. The van der Waals surface area contributed by atoms with Crippen molar-refractivity contribution in [2.24, 2.45) is 0 Å². The summed E-state index contributed by atoms with van der Waals surface area (Å²) in [5.74, 6) is 1.54. The third-order valence-electron chi connectivity index (χ3n) is 4.80. The first-order valence-electron chi connectivity index (χ1n) is 8.17. The summed E-state index contributed by atoms with van der Waals surface area (Å²) in [6.07, 6.45) is 2.48. The summed E-state index contributed by atoms with van der Waals surface area (Å²) in [5.41, 5.74) is 0.939. The molecular formula is C17H20N2O4S. The maximum absolute atomic E-state index is 12.3. The van der Waals surface area contributed by atoms with Gasteiger partial charge in [-0.15, -0.1) is 0 Å². The van der Waals surface area contributed by atoms with Crippen molar-refractivity contribution in [3.8, 4) is 11.5 Å². The van der Waals surface area contributed by atoms with Gasteiger partial charge in [-0.05, 0) is 18.6 Å². The number of hydrogen-bond donors (Lipinski definition) is 0. The molecule has 1 aromatic carbocycles. The number of rotatable bonds is 3. The van der Waals surface area contributed by atoms with E-state index in [9.17, 15) is 8.42 Å². The van der Waals surface area contributed by atoms with Crippen molar-refractivity contribution >= 4 is 9.84 Å². The van der Waals surface area contributed by atoms with E-state index in [1.165, 1.54) is 0 Å². The molecule has 2 saturated heterocycles. The molecule has 2 fully saturated rings. The lowest BCUT2D eigenvalue weighted by molar-refractivity contribution is 0.0291. The van der Waals surface area contributed by atoms with Gasteiger partial charge in [0.25, 0.3) is 0 Å². The molecule has 128 valence electrons. The van der Waals surface area contributed by atoms with E-state index in [0.29, 0.717) is 32.2 Å². The fraction of sp³-hybridized carbons (Fsp3) is 0.471. The van der Waals surface area contributed by atoms with Crippen LogP contribution in [0.15, 0.2) is 40.9 Å². The molecule has 3 heterocycles. The van der Waals surface area contributed by atoms with Gasteiger partial charge in [0.15, 0.2) is 9.84 Å². The lowest BCUT2D eigenvalue weighted by atomic mass is 10.1. The number of nitrogens with zero attached hydrogens (tertiary/aromatic N) is 2. The van der Waals surface area contributed by atoms with Gasteiger partial charge in [0, 0.05) is 24.8 Å². The molecule has 7 heteroatoms. The number of benzene rings is 1. The molecule has 0 radical (unpaired) electrons. The minimum absolute atomic E-state index is 0.00257. The number of sulfone groups is 1. The molecule has 2 aliphatic heterocycles. The van der Waals surface area contributed by atoms with Gasteiger partial charge in [-0.1, -0.05) is 18.2 Å². The SMILES string of the molecule is O=S1(=O)CCN(Cc2cnc(-c3ccccc3)o2)C2CCOCC21. The van der Waals surface area contributed by atoms with Crippen molar-refractivity contribution in [2.75, 3.05) is 25.5 Å². The van der Waals surface area contributed by atoms with Crippen LogP contribution in [0.1, 0.15) is 12.2 Å². The van der Waals surface area contributed by atoms with Crippen LogP contribution in [0.25, 0.3) is 11.5 Å². The highest BCUT2D eigenvalue weighted by Crippen LogP contribution is 2.28. The first kappa shape index (κ1) is 15.8. The van der Waals surface area contributed by atoms with E-state index in [1.54, 1.807) is 6.20 Å². The molecule has 4 rings (SSSR count). The van der Waals surface area contributed by atoms with Crippen LogP contribution >= 0.6 is 0 Å². The molecule has 24 heavy (non-hydrogen) atoms. The van der Waals surface area contributed by atoms with Gasteiger partial charge in [-0.2, -0.15) is 0 Å². The van der Waals surface area contributed by atoms with Crippen molar-refractivity contribution in [1.82, 2.24) is 9.88 Å². The Morgan fingerprint density at radius 2 is 2.08 bits per heavy atom. The van der Waals surface area contributed by atoms with Crippen LogP contribution in [0.4, 0.5) is 0 Å². The topological polar surface area (TPSA) is 72.6 Å². The first-order valence-corrected chi connectivity index (χ1v) is 9.88. The van der Waals surface area contributed by atoms with Gasteiger partial charge < -0.3 is 9.15 Å². The lowest BCUT2D eigenvalue weighted by Crippen LogP contribution is -2.58. The number of ether oxygens (including phenoxy) is 1. The second kappa shape index (κ2) is 6.31. The largest absolute Gasteiger partial charge is 0.440 e. The molecule has 1 aromatic heterocycles. The van der Waals surface area contributed by atoms with Gasteiger partial charge in [0.2, 0.25) is 5.89 Å². The minimum atomic E-state index is -3.06. The zero-order valence-electron chi connectivity index (χ0n) is 13.3. The van der Waals surface area contributed by atoms with Crippen molar-refractivity contribution in [2.45, 2.75) is 24.3 Å². The van der Waals surface area contributed by atoms with Gasteiger partial charge >= 0.3 is 0 Å². The van der Waals surface area contributed by atoms with Crippen LogP contribution in [0, 0.1) is 0 Å². The number of hydrogen-bond acceptors (Lipinski definition) is 6. The predicted molar refractivity (Wildman–Crippen MR) is 89.1 cm³/mol. The van der Waals surface area contributed by atoms with Gasteiger partial charge in [-0.3, -0.25) is 4.90 Å². The predicted octanol–water partition coefficient (Wildman–Crippen LogP) is 1.73. The Morgan fingerprint density at radius 1 is 1.25 bits per heavy atom. The maximum atomic E-state index is 12.3. The summed E-state index contributed by atoms with van der Waals surface area (Å²) in [4.78, 5) is 6.55. The van der Waals surface area contributed by atoms with Crippen LogP contribution in [0.5, 0.6) is 0 Å². The number of oxazole rings is 1. The third kappa shape index (κ3) is 2.99. The van der Waals surface area contributed by atoms with E-state index in [0.717, 1.165) is 17.7 Å². The molecule has 2 aromatic rings. The van der Waals surface area contributed by atoms with E-state index < -0.39 is 15.1 Å². The summed E-state index contributed by atoms with van der Waals surface area (Å²) < 4.78 is 35.8. The van der Waals surface area contributed by atoms with Gasteiger partial charge in [0.05, 0.1) is 25.1 Å². The van der Waals surface area contributed by atoms with Crippen molar-refractivity contribution in [3.63, 3.8) is 0 Å². The lowest BCUT2D eigenvalue weighted by Gasteiger charge is -2.42. The Kier molecular flexibility index (Phi) is 4.15. The summed E-state index contributed by atoms with van der Waals surface area (Å²) in [7, 11) is -3.06. The van der Waals surface area contributed by atoms with Crippen LogP contribution in [0.3, 0.4) is 0 Å². The number of fused-ring (bicyclic) bond motifs is 1. The molecule has 0 bridgehead atoms. The molecule has 0 spiro atoms. The Morgan fingerprint density at radius 3 is 2.92 bits per heavy atom. The molecule has 0 N–H and O–H groups in total. The molecule has 2 aliphatic rings. The van der Waals surface area contributed by atoms with Crippen molar-refractivity contribution in [1.29, 1.82) is 0 Å². The van der Waals surface area contributed by atoms with Crippen LogP contribution in [-0.4, -0.2) is 55.1 Å². The maximum Gasteiger partial charge on any atom is 0.226 e. The summed E-state index contributed by atoms with van der Waals surface area (Å²) in [5, 5.41) is -0.420. The molecule has 6 nitrogen and oxygen atoms in total. The second-order valence-corrected chi connectivity index (χ2v) is 8.64. The molecule has 0 aliphatic carbocycles. The van der Waals surface area contributed by atoms with Crippen molar-refractivity contribution < 1.29 is 17.6 Å². The standard InChI is InChI=1S/C17H20N2O4S/c20-24(21)9-7-19(15-6-8-22-12-16(15)24)11-14-10-18-17(23-14)13-4-2-1-3-5-13/h1-5,10,15-16H,6-9,11-12H2. The molecule has 0 saturated carbocycles. The van der Waals surface area contributed by atoms with E-state index in [4.69, 9.17) is 9.15 Å². The Hall–Kier alpha value is -1.70. The summed E-state index contributed by atoms with van der Waals surface area (Å²) in [6.45, 7) is 2.02. The normalized spacial score (nSPS) is 26.8. The molecular weight excluding hydrogens is 328 g/mol.